The third-order valence-corrected chi connectivity index (χ3v) is 4.00. The number of amides is 1. The highest BCUT2D eigenvalue weighted by Gasteiger charge is 2.29. The second-order valence-electron chi connectivity index (χ2n) is 7.19. The number of hydrogen-bond donors (Lipinski definition) is 1. The normalized spacial score (nSPS) is 17.6. The molecular weight excluding hydrogens is 323 g/mol. The first-order chi connectivity index (χ1) is 11.8. The first-order valence-electron chi connectivity index (χ1n) is 8.40. The summed E-state index contributed by atoms with van der Waals surface area (Å²) < 4.78 is 25.2. The summed E-state index contributed by atoms with van der Waals surface area (Å²) in [5, 5.41) is 2.86. The lowest BCUT2D eigenvalue weighted by molar-refractivity contribution is 0.0509. The Balaban J connectivity index is 1.74. The van der Waals surface area contributed by atoms with Crippen LogP contribution in [0, 0.1) is 5.82 Å². The van der Waals surface area contributed by atoms with E-state index < -0.39 is 11.7 Å². The molecule has 1 N–H and O–H groups in total. The van der Waals surface area contributed by atoms with Gasteiger partial charge in [-0.3, -0.25) is 0 Å². The molecule has 2 heterocycles. The highest BCUT2D eigenvalue weighted by Crippen LogP contribution is 2.35. The molecular formula is C19H23FN2O3. The molecule has 0 radical (unpaired) electrons. The van der Waals surface area contributed by atoms with Crippen LogP contribution in [-0.2, 0) is 4.74 Å². The molecule has 3 rings (SSSR count). The zero-order chi connectivity index (χ0) is 18.0. The molecule has 1 aliphatic rings. The van der Waals surface area contributed by atoms with Gasteiger partial charge in [0.2, 0.25) is 0 Å². The molecule has 1 aliphatic heterocycles. The standard InChI is InChI=1S/C19H23FN2O3/c1-19(2,3)25-18(23)21-13-9-10-22(12-13)17-14(6-4-7-15(17)20)16-8-5-11-24-16/h4-8,11,13H,9-10,12H2,1-3H3,(H,21,23). The predicted molar refractivity (Wildman–Crippen MR) is 94.1 cm³/mol. The van der Waals surface area contributed by atoms with E-state index in [1.165, 1.54) is 6.07 Å². The molecule has 1 saturated heterocycles. The van der Waals surface area contributed by atoms with Crippen LogP contribution in [0.25, 0.3) is 11.3 Å². The lowest BCUT2D eigenvalue weighted by atomic mass is 10.1. The van der Waals surface area contributed by atoms with Crippen LogP contribution in [-0.4, -0.2) is 30.8 Å². The van der Waals surface area contributed by atoms with E-state index in [0.29, 0.717) is 30.1 Å². The summed E-state index contributed by atoms with van der Waals surface area (Å²) in [4.78, 5) is 13.9. The lowest BCUT2D eigenvalue weighted by Crippen LogP contribution is -2.40. The van der Waals surface area contributed by atoms with Crippen molar-refractivity contribution in [3.63, 3.8) is 0 Å². The van der Waals surface area contributed by atoms with Crippen molar-refractivity contribution < 1.29 is 18.3 Å². The monoisotopic (exact) mass is 346 g/mol. The van der Waals surface area contributed by atoms with Crippen LogP contribution in [0.2, 0.25) is 0 Å². The number of anilines is 1. The fourth-order valence-electron chi connectivity index (χ4n) is 3.02. The zero-order valence-corrected chi connectivity index (χ0v) is 14.7. The number of nitrogens with one attached hydrogen (secondary N) is 1. The maximum atomic E-state index is 14.5. The average Bonchev–Trinajstić information content (AvgIpc) is 3.16. The van der Waals surface area contributed by atoms with Gasteiger partial charge in [0.1, 0.15) is 17.2 Å². The Morgan fingerprint density at radius 3 is 2.80 bits per heavy atom. The number of hydrogen-bond acceptors (Lipinski definition) is 4. The van der Waals surface area contributed by atoms with Crippen molar-refractivity contribution in [3.05, 3.63) is 42.4 Å². The molecule has 2 aromatic rings. The maximum absolute atomic E-state index is 14.5. The molecule has 0 saturated carbocycles. The van der Waals surface area contributed by atoms with Crippen LogP contribution < -0.4 is 10.2 Å². The van der Waals surface area contributed by atoms with Crippen molar-refractivity contribution in [3.8, 4) is 11.3 Å². The van der Waals surface area contributed by atoms with E-state index in [1.807, 2.05) is 37.8 Å². The number of carbonyl (C=O) groups is 1. The van der Waals surface area contributed by atoms with Gasteiger partial charge in [-0.2, -0.15) is 0 Å². The Kier molecular flexibility index (Phi) is 4.70. The molecule has 1 atom stereocenters. The number of rotatable bonds is 3. The van der Waals surface area contributed by atoms with Gasteiger partial charge in [0, 0.05) is 18.7 Å². The van der Waals surface area contributed by atoms with E-state index in [-0.39, 0.29) is 11.9 Å². The van der Waals surface area contributed by atoms with Gasteiger partial charge in [-0.15, -0.1) is 0 Å². The minimum atomic E-state index is -0.541. The summed E-state index contributed by atoms with van der Waals surface area (Å²) >= 11 is 0. The molecule has 1 fully saturated rings. The number of carbonyl (C=O) groups excluding carboxylic acids is 1. The first-order valence-corrected chi connectivity index (χ1v) is 8.40. The Morgan fingerprint density at radius 2 is 2.12 bits per heavy atom. The van der Waals surface area contributed by atoms with Crippen LogP contribution in [0.3, 0.4) is 0 Å². The van der Waals surface area contributed by atoms with Crippen molar-refractivity contribution in [2.24, 2.45) is 0 Å². The number of ether oxygens (including phenoxy) is 1. The van der Waals surface area contributed by atoms with Gasteiger partial charge in [-0.05, 0) is 51.5 Å². The average molecular weight is 346 g/mol. The molecule has 1 aromatic heterocycles. The van der Waals surface area contributed by atoms with Gasteiger partial charge < -0.3 is 19.4 Å². The number of nitrogens with zero attached hydrogens (tertiary/aromatic N) is 1. The van der Waals surface area contributed by atoms with Crippen molar-refractivity contribution in [2.45, 2.75) is 38.8 Å². The van der Waals surface area contributed by atoms with Crippen molar-refractivity contribution in [1.29, 1.82) is 0 Å². The van der Waals surface area contributed by atoms with Gasteiger partial charge >= 0.3 is 6.09 Å². The highest BCUT2D eigenvalue weighted by atomic mass is 19.1. The van der Waals surface area contributed by atoms with Crippen molar-refractivity contribution >= 4 is 11.8 Å². The third-order valence-electron chi connectivity index (χ3n) is 4.00. The predicted octanol–water partition coefficient (Wildman–Crippen LogP) is 4.19. The number of furan rings is 1. The summed E-state index contributed by atoms with van der Waals surface area (Å²) in [6.07, 6.45) is 1.85. The van der Waals surface area contributed by atoms with Crippen LogP contribution >= 0.6 is 0 Å². The molecule has 25 heavy (non-hydrogen) atoms. The minimum Gasteiger partial charge on any atom is -0.464 e. The van der Waals surface area contributed by atoms with E-state index in [2.05, 4.69) is 5.32 Å². The van der Waals surface area contributed by atoms with E-state index in [0.717, 1.165) is 6.42 Å². The number of alkyl carbamates (subject to hydrolysis) is 1. The Labute approximate surface area is 146 Å². The fraction of sp³-hybridized carbons (Fsp3) is 0.421. The van der Waals surface area contributed by atoms with Crippen LogP contribution in [0.1, 0.15) is 27.2 Å². The Hall–Kier alpha value is -2.50. The summed E-state index contributed by atoms with van der Waals surface area (Å²) in [6, 6.07) is 8.45. The summed E-state index contributed by atoms with van der Waals surface area (Å²) in [5.74, 6) is 0.324. The van der Waals surface area contributed by atoms with Gasteiger partial charge in [0.05, 0.1) is 18.0 Å². The van der Waals surface area contributed by atoms with Crippen LogP contribution in [0.15, 0.2) is 41.0 Å². The summed E-state index contributed by atoms with van der Waals surface area (Å²) in [5.41, 5.74) is 0.675. The molecule has 6 heteroatoms. The SMILES string of the molecule is CC(C)(C)OC(=O)NC1CCN(c2c(F)cccc2-c2ccco2)C1. The van der Waals surface area contributed by atoms with Crippen LogP contribution in [0.4, 0.5) is 14.9 Å². The third kappa shape index (κ3) is 4.13. The lowest BCUT2D eigenvalue weighted by Gasteiger charge is -2.23. The molecule has 134 valence electrons. The van der Waals surface area contributed by atoms with E-state index in [9.17, 15) is 9.18 Å². The van der Waals surface area contributed by atoms with E-state index >= 15 is 0 Å². The first kappa shape index (κ1) is 17.3. The largest absolute Gasteiger partial charge is 0.464 e. The number of halogens is 1. The highest BCUT2D eigenvalue weighted by molar-refractivity contribution is 5.76. The summed E-state index contributed by atoms with van der Waals surface area (Å²) in [6.45, 7) is 6.64. The second-order valence-corrected chi connectivity index (χ2v) is 7.19. The molecule has 1 amide bonds. The molecule has 0 aliphatic carbocycles. The molecule has 5 nitrogen and oxygen atoms in total. The smallest absolute Gasteiger partial charge is 0.407 e. The summed E-state index contributed by atoms with van der Waals surface area (Å²) in [7, 11) is 0. The molecule has 0 spiro atoms. The molecule has 0 bridgehead atoms. The number of benzene rings is 1. The fourth-order valence-corrected chi connectivity index (χ4v) is 3.02. The van der Waals surface area contributed by atoms with Gasteiger partial charge in [-0.25, -0.2) is 9.18 Å². The Morgan fingerprint density at radius 1 is 1.32 bits per heavy atom. The van der Waals surface area contributed by atoms with Crippen LogP contribution in [0.5, 0.6) is 0 Å². The van der Waals surface area contributed by atoms with Gasteiger partial charge in [-0.1, -0.05) is 6.07 Å². The minimum absolute atomic E-state index is 0.0843. The quantitative estimate of drug-likeness (QED) is 0.905. The zero-order valence-electron chi connectivity index (χ0n) is 14.7. The van der Waals surface area contributed by atoms with E-state index in [1.54, 1.807) is 18.4 Å². The van der Waals surface area contributed by atoms with Gasteiger partial charge in [0.25, 0.3) is 0 Å². The van der Waals surface area contributed by atoms with Crippen molar-refractivity contribution in [1.82, 2.24) is 5.32 Å². The second kappa shape index (κ2) is 6.78. The maximum Gasteiger partial charge on any atom is 0.407 e. The molecule has 1 aromatic carbocycles. The molecule has 1 unspecified atom stereocenters. The van der Waals surface area contributed by atoms with Gasteiger partial charge in [0.15, 0.2) is 0 Å². The number of para-hydroxylation sites is 1. The topological polar surface area (TPSA) is 54.7 Å². The van der Waals surface area contributed by atoms with E-state index in [4.69, 9.17) is 9.15 Å². The van der Waals surface area contributed by atoms with Crippen molar-refractivity contribution in [2.75, 3.05) is 18.0 Å². The Bertz CT molecular complexity index is 738.